The molecule has 3 N–H and O–H groups in total. The Hall–Kier alpha value is -1.01. The van der Waals surface area contributed by atoms with Gasteiger partial charge in [-0.25, -0.2) is 0 Å². The average molecular weight is 271 g/mol. The van der Waals surface area contributed by atoms with E-state index in [4.69, 9.17) is 10.3 Å². The molecule has 18 heavy (non-hydrogen) atoms. The van der Waals surface area contributed by atoms with E-state index in [-0.39, 0.29) is 11.3 Å². The van der Waals surface area contributed by atoms with Crippen molar-refractivity contribution in [1.29, 1.82) is 0 Å². The summed E-state index contributed by atoms with van der Waals surface area (Å²) in [5.41, 5.74) is 6.12. The molecule has 0 aliphatic heterocycles. The molecule has 102 valence electrons. The Morgan fingerprint density at radius 3 is 2.83 bits per heavy atom. The fraction of sp³-hybridized carbons (Fsp3) is 0.667. The lowest BCUT2D eigenvalue weighted by Gasteiger charge is -2.12. The summed E-state index contributed by atoms with van der Waals surface area (Å²) in [5, 5.41) is 6.63. The van der Waals surface area contributed by atoms with Gasteiger partial charge in [0.15, 0.2) is 0 Å². The summed E-state index contributed by atoms with van der Waals surface area (Å²) in [7, 11) is 0. The number of hydrogen-bond acceptors (Lipinski definition) is 5. The Balaban J connectivity index is 2.38. The van der Waals surface area contributed by atoms with E-state index in [0.29, 0.717) is 18.2 Å². The van der Waals surface area contributed by atoms with Gasteiger partial charge in [0.2, 0.25) is 11.8 Å². The van der Waals surface area contributed by atoms with E-state index in [0.717, 1.165) is 17.9 Å². The zero-order valence-electron chi connectivity index (χ0n) is 11.2. The highest BCUT2D eigenvalue weighted by Gasteiger charge is 2.19. The number of amides is 1. The molecule has 1 aromatic heterocycles. The number of nitrogens with one attached hydrogen (secondary N) is 1. The van der Waals surface area contributed by atoms with Gasteiger partial charge in [-0.2, -0.15) is 11.8 Å². The van der Waals surface area contributed by atoms with Crippen LogP contribution in [0.25, 0.3) is 0 Å². The van der Waals surface area contributed by atoms with Crippen molar-refractivity contribution in [3.63, 3.8) is 0 Å². The summed E-state index contributed by atoms with van der Waals surface area (Å²) >= 11 is 1.56. The molecule has 0 aliphatic carbocycles. The summed E-state index contributed by atoms with van der Waals surface area (Å²) in [4.78, 5) is 11.6. The lowest BCUT2D eigenvalue weighted by Crippen LogP contribution is -2.14. The molecule has 0 aliphatic rings. The van der Waals surface area contributed by atoms with Crippen LogP contribution in [0.2, 0.25) is 0 Å². The standard InChI is InChI=1S/C12H21N3O2S/c1-12(2,3)9-7-11(17-15-9)14-10(16)8-18-6-4-5-13/h7H,4-6,8,13H2,1-3H3,(H,14,16). The molecule has 0 saturated heterocycles. The zero-order chi connectivity index (χ0) is 13.6. The number of thioether (sulfide) groups is 1. The first-order valence-electron chi connectivity index (χ1n) is 5.98. The molecule has 5 nitrogen and oxygen atoms in total. The van der Waals surface area contributed by atoms with Gasteiger partial charge >= 0.3 is 0 Å². The first-order chi connectivity index (χ1) is 8.43. The summed E-state index contributed by atoms with van der Waals surface area (Å²) in [6, 6.07) is 1.77. The van der Waals surface area contributed by atoms with E-state index in [2.05, 4.69) is 10.5 Å². The predicted octanol–water partition coefficient (Wildman–Crippen LogP) is 1.99. The fourth-order valence-electron chi connectivity index (χ4n) is 1.21. The monoisotopic (exact) mass is 271 g/mol. The van der Waals surface area contributed by atoms with E-state index < -0.39 is 0 Å². The molecule has 0 unspecified atom stereocenters. The Kier molecular flexibility index (Phi) is 5.68. The van der Waals surface area contributed by atoms with E-state index >= 15 is 0 Å². The third kappa shape index (κ3) is 5.10. The van der Waals surface area contributed by atoms with Gasteiger partial charge in [-0.3, -0.25) is 10.1 Å². The van der Waals surface area contributed by atoms with Gasteiger partial charge in [-0.15, -0.1) is 0 Å². The van der Waals surface area contributed by atoms with Crippen LogP contribution in [-0.4, -0.2) is 29.1 Å². The van der Waals surface area contributed by atoms with E-state index in [9.17, 15) is 4.79 Å². The summed E-state index contributed by atoms with van der Waals surface area (Å²) in [6.07, 6.45) is 0.925. The van der Waals surface area contributed by atoms with Gasteiger partial charge in [-0.05, 0) is 18.7 Å². The molecule has 0 aromatic carbocycles. The lowest BCUT2D eigenvalue weighted by atomic mass is 9.92. The van der Waals surface area contributed by atoms with Crippen molar-refractivity contribution in [1.82, 2.24) is 5.16 Å². The maximum absolute atomic E-state index is 11.6. The molecule has 0 bridgehead atoms. The van der Waals surface area contributed by atoms with Crippen molar-refractivity contribution < 1.29 is 9.32 Å². The maximum atomic E-state index is 11.6. The second kappa shape index (κ2) is 6.80. The summed E-state index contributed by atoms with van der Waals surface area (Å²) < 4.78 is 5.08. The predicted molar refractivity (Wildman–Crippen MR) is 74.8 cm³/mol. The molecule has 6 heteroatoms. The number of nitrogens with zero attached hydrogens (tertiary/aromatic N) is 1. The maximum Gasteiger partial charge on any atom is 0.236 e. The van der Waals surface area contributed by atoms with Crippen molar-refractivity contribution in [3.05, 3.63) is 11.8 Å². The van der Waals surface area contributed by atoms with Gasteiger partial charge in [0.1, 0.15) is 0 Å². The minimum Gasteiger partial charge on any atom is -0.338 e. The number of nitrogens with two attached hydrogens (primary N) is 1. The van der Waals surface area contributed by atoms with Gasteiger partial charge in [-0.1, -0.05) is 25.9 Å². The highest BCUT2D eigenvalue weighted by Crippen LogP contribution is 2.23. The number of hydrogen-bond donors (Lipinski definition) is 2. The molecule has 1 heterocycles. The molecular formula is C12H21N3O2S. The zero-order valence-corrected chi connectivity index (χ0v) is 12.0. The topological polar surface area (TPSA) is 81.2 Å². The van der Waals surface area contributed by atoms with Crippen LogP contribution in [0.4, 0.5) is 5.88 Å². The normalized spacial score (nSPS) is 11.6. The van der Waals surface area contributed by atoms with Crippen LogP contribution < -0.4 is 11.1 Å². The van der Waals surface area contributed by atoms with Crippen molar-refractivity contribution >= 4 is 23.6 Å². The van der Waals surface area contributed by atoms with Crippen LogP contribution in [-0.2, 0) is 10.2 Å². The van der Waals surface area contributed by atoms with Crippen LogP contribution >= 0.6 is 11.8 Å². The SMILES string of the molecule is CC(C)(C)c1cc(NC(=O)CSCCCN)on1. The highest BCUT2D eigenvalue weighted by molar-refractivity contribution is 7.99. The lowest BCUT2D eigenvalue weighted by molar-refractivity contribution is -0.113. The molecule has 1 aromatic rings. The molecule has 0 fully saturated rings. The number of carbonyl (C=O) groups is 1. The molecule has 0 saturated carbocycles. The third-order valence-electron chi connectivity index (χ3n) is 2.27. The van der Waals surface area contributed by atoms with Crippen molar-refractivity contribution in [3.8, 4) is 0 Å². The number of anilines is 1. The quantitative estimate of drug-likeness (QED) is 0.773. The first-order valence-corrected chi connectivity index (χ1v) is 7.14. The van der Waals surface area contributed by atoms with Crippen LogP contribution in [0.1, 0.15) is 32.9 Å². The van der Waals surface area contributed by atoms with E-state index in [1.807, 2.05) is 20.8 Å². The first kappa shape index (κ1) is 15.0. The van der Waals surface area contributed by atoms with E-state index in [1.54, 1.807) is 17.8 Å². The Morgan fingerprint density at radius 2 is 2.28 bits per heavy atom. The van der Waals surface area contributed by atoms with Gasteiger partial charge in [0.25, 0.3) is 0 Å². The van der Waals surface area contributed by atoms with Gasteiger partial charge < -0.3 is 10.3 Å². The third-order valence-corrected chi connectivity index (χ3v) is 3.31. The van der Waals surface area contributed by atoms with Crippen LogP contribution in [0.5, 0.6) is 0 Å². The summed E-state index contributed by atoms with van der Waals surface area (Å²) in [6.45, 7) is 6.78. The van der Waals surface area contributed by atoms with Crippen molar-refractivity contribution in [2.24, 2.45) is 5.73 Å². The van der Waals surface area contributed by atoms with Crippen LogP contribution in [0, 0.1) is 0 Å². The van der Waals surface area contributed by atoms with Crippen molar-refractivity contribution in [2.45, 2.75) is 32.6 Å². The molecule has 0 spiro atoms. The largest absolute Gasteiger partial charge is 0.338 e. The Bertz CT molecular complexity index is 385. The van der Waals surface area contributed by atoms with Gasteiger partial charge in [0.05, 0.1) is 11.4 Å². The fourth-order valence-corrected chi connectivity index (χ4v) is 1.98. The number of rotatable bonds is 6. The van der Waals surface area contributed by atoms with Crippen LogP contribution in [0.3, 0.4) is 0 Å². The van der Waals surface area contributed by atoms with Crippen LogP contribution in [0.15, 0.2) is 10.6 Å². The summed E-state index contributed by atoms with van der Waals surface area (Å²) in [5.74, 6) is 1.64. The van der Waals surface area contributed by atoms with Crippen molar-refractivity contribution in [2.75, 3.05) is 23.4 Å². The molecular weight excluding hydrogens is 250 g/mol. The average Bonchev–Trinajstić information content (AvgIpc) is 2.72. The minimum absolute atomic E-state index is 0.0753. The second-order valence-corrected chi connectivity index (χ2v) is 6.17. The molecule has 0 atom stereocenters. The Labute approximate surface area is 112 Å². The smallest absolute Gasteiger partial charge is 0.236 e. The second-order valence-electron chi connectivity index (χ2n) is 5.07. The number of aromatic nitrogens is 1. The highest BCUT2D eigenvalue weighted by atomic mass is 32.2. The Morgan fingerprint density at radius 1 is 1.56 bits per heavy atom. The van der Waals surface area contributed by atoms with E-state index in [1.165, 1.54) is 0 Å². The molecule has 1 amide bonds. The molecule has 0 radical (unpaired) electrons. The molecule has 1 rings (SSSR count). The van der Waals surface area contributed by atoms with Gasteiger partial charge in [0, 0.05) is 11.5 Å². The number of carbonyl (C=O) groups excluding carboxylic acids is 1. The minimum atomic E-state index is -0.0810.